The van der Waals surface area contributed by atoms with Crippen LogP contribution in [0.15, 0.2) is 54.9 Å². The topological polar surface area (TPSA) is 58.4 Å². The molecule has 1 N–H and O–H groups in total. The SMILES string of the molecule is CN(CCn1cnc2ccccc21)C(=O)C(O)c1ccc(Cl)cc1. The molecule has 0 fully saturated rings. The minimum absolute atomic E-state index is 0.346. The molecule has 5 nitrogen and oxygen atoms in total. The Bertz CT molecular complexity index is 845. The van der Waals surface area contributed by atoms with Crippen LogP contribution in [0.3, 0.4) is 0 Å². The number of rotatable bonds is 5. The number of halogens is 1. The van der Waals surface area contributed by atoms with Gasteiger partial charge in [-0.15, -0.1) is 0 Å². The fourth-order valence-electron chi connectivity index (χ4n) is 2.55. The summed E-state index contributed by atoms with van der Waals surface area (Å²) in [5.41, 5.74) is 2.48. The van der Waals surface area contributed by atoms with Crippen LogP contribution >= 0.6 is 11.6 Å². The number of carbonyl (C=O) groups is 1. The summed E-state index contributed by atoms with van der Waals surface area (Å²) >= 11 is 5.83. The van der Waals surface area contributed by atoms with E-state index in [2.05, 4.69) is 4.98 Å². The van der Waals surface area contributed by atoms with Crippen LogP contribution in [-0.4, -0.2) is 39.1 Å². The molecule has 0 saturated heterocycles. The monoisotopic (exact) mass is 343 g/mol. The standard InChI is InChI=1S/C18H18ClN3O2/c1-21(18(24)17(23)13-6-8-14(19)9-7-13)10-11-22-12-20-15-4-2-3-5-16(15)22/h2-9,12,17,23H,10-11H2,1H3. The van der Waals surface area contributed by atoms with Crippen LogP contribution in [0.2, 0.25) is 5.02 Å². The van der Waals surface area contributed by atoms with E-state index in [-0.39, 0.29) is 5.91 Å². The Kier molecular flexibility index (Phi) is 4.83. The molecule has 24 heavy (non-hydrogen) atoms. The number of hydrogen-bond acceptors (Lipinski definition) is 3. The first-order valence-corrected chi connectivity index (χ1v) is 8.02. The summed E-state index contributed by atoms with van der Waals surface area (Å²) < 4.78 is 1.99. The Labute approximate surface area is 145 Å². The van der Waals surface area contributed by atoms with E-state index >= 15 is 0 Å². The van der Waals surface area contributed by atoms with Gasteiger partial charge in [-0.1, -0.05) is 35.9 Å². The van der Waals surface area contributed by atoms with Gasteiger partial charge in [0.2, 0.25) is 0 Å². The second kappa shape index (κ2) is 7.03. The zero-order valence-electron chi connectivity index (χ0n) is 13.3. The molecule has 1 aromatic heterocycles. The molecule has 0 radical (unpaired) electrons. The van der Waals surface area contributed by atoms with Crippen LogP contribution < -0.4 is 0 Å². The molecule has 1 heterocycles. The van der Waals surface area contributed by atoms with Crippen molar-refractivity contribution in [3.8, 4) is 0 Å². The lowest BCUT2D eigenvalue weighted by Gasteiger charge is -2.21. The largest absolute Gasteiger partial charge is 0.378 e. The average Bonchev–Trinajstić information content (AvgIpc) is 3.02. The quantitative estimate of drug-likeness (QED) is 0.775. The first-order valence-electron chi connectivity index (χ1n) is 7.64. The summed E-state index contributed by atoms with van der Waals surface area (Å²) in [5, 5.41) is 10.8. The summed E-state index contributed by atoms with van der Waals surface area (Å²) in [5.74, 6) is -0.346. The molecule has 0 spiro atoms. The van der Waals surface area contributed by atoms with E-state index in [1.807, 2.05) is 28.8 Å². The highest BCUT2D eigenvalue weighted by Crippen LogP contribution is 2.18. The molecule has 2 aromatic carbocycles. The summed E-state index contributed by atoms with van der Waals surface area (Å²) in [4.78, 5) is 18.2. The maximum absolute atomic E-state index is 12.4. The van der Waals surface area contributed by atoms with E-state index < -0.39 is 6.10 Å². The summed E-state index contributed by atoms with van der Waals surface area (Å²) in [6, 6.07) is 14.5. The number of carbonyl (C=O) groups excluding carboxylic acids is 1. The number of nitrogens with zero attached hydrogens (tertiary/aromatic N) is 3. The molecule has 3 aromatic rings. The van der Waals surface area contributed by atoms with Crippen molar-refractivity contribution in [1.82, 2.24) is 14.5 Å². The van der Waals surface area contributed by atoms with Gasteiger partial charge in [0.05, 0.1) is 17.4 Å². The molecule has 0 saturated carbocycles. The van der Waals surface area contributed by atoms with Gasteiger partial charge in [-0.3, -0.25) is 4.79 Å². The number of likely N-dealkylation sites (N-methyl/N-ethyl adjacent to an activating group) is 1. The zero-order valence-corrected chi connectivity index (χ0v) is 14.0. The van der Waals surface area contributed by atoms with Crippen molar-refractivity contribution in [2.75, 3.05) is 13.6 Å². The molecular weight excluding hydrogens is 326 g/mol. The van der Waals surface area contributed by atoms with Gasteiger partial charge in [0, 0.05) is 25.2 Å². The van der Waals surface area contributed by atoms with Gasteiger partial charge in [0.15, 0.2) is 6.10 Å². The Morgan fingerprint density at radius 1 is 1.25 bits per heavy atom. The van der Waals surface area contributed by atoms with Crippen LogP contribution in [0.1, 0.15) is 11.7 Å². The number of amides is 1. The fourth-order valence-corrected chi connectivity index (χ4v) is 2.68. The van der Waals surface area contributed by atoms with Crippen molar-refractivity contribution < 1.29 is 9.90 Å². The third-order valence-corrected chi connectivity index (χ3v) is 4.25. The number of aliphatic hydroxyl groups excluding tert-OH is 1. The lowest BCUT2D eigenvalue weighted by molar-refractivity contribution is -0.139. The smallest absolute Gasteiger partial charge is 0.255 e. The van der Waals surface area contributed by atoms with Gasteiger partial charge in [0.1, 0.15) is 0 Å². The van der Waals surface area contributed by atoms with Gasteiger partial charge in [-0.25, -0.2) is 4.98 Å². The molecule has 1 atom stereocenters. The van der Waals surface area contributed by atoms with Crippen molar-refractivity contribution in [3.63, 3.8) is 0 Å². The predicted molar refractivity (Wildman–Crippen MR) is 93.8 cm³/mol. The number of fused-ring (bicyclic) bond motifs is 1. The van der Waals surface area contributed by atoms with Crippen molar-refractivity contribution in [1.29, 1.82) is 0 Å². The highest BCUT2D eigenvalue weighted by atomic mass is 35.5. The number of imidazole rings is 1. The van der Waals surface area contributed by atoms with Crippen molar-refractivity contribution >= 4 is 28.5 Å². The average molecular weight is 344 g/mol. The molecular formula is C18H18ClN3O2. The lowest BCUT2D eigenvalue weighted by atomic mass is 10.1. The van der Waals surface area contributed by atoms with Gasteiger partial charge < -0.3 is 14.6 Å². The second-order valence-electron chi connectivity index (χ2n) is 5.64. The Hall–Kier alpha value is -2.37. The molecule has 3 rings (SSSR count). The molecule has 0 aliphatic heterocycles. The third-order valence-electron chi connectivity index (χ3n) is 4.00. The second-order valence-corrected chi connectivity index (χ2v) is 6.08. The summed E-state index contributed by atoms with van der Waals surface area (Å²) in [7, 11) is 1.68. The van der Waals surface area contributed by atoms with E-state index in [4.69, 9.17) is 11.6 Å². The van der Waals surface area contributed by atoms with Crippen LogP contribution in [0.4, 0.5) is 0 Å². The molecule has 0 aliphatic carbocycles. The molecule has 6 heteroatoms. The Morgan fingerprint density at radius 2 is 1.96 bits per heavy atom. The van der Waals surface area contributed by atoms with E-state index in [1.165, 1.54) is 4.90 Å². The maximum Gasteiger partial charge on any atom is 0.255 e. The van der Waals surface area contributed by atoms with E-state index in [9.17, 15) is 9.90 Å². The van der Waals surface area contributed by atoms with Gasteiger partial charge >= 0.3 is 0 Å². The normalized spacial score (nSPS) is 12.3. The minimum Gasteiger partial charge on any atom is -0.378 e. The van der Waals surface area contributed by atoms with Gasteiger partial charge in [-0.2, -0.15) is 0 Å². The Balaban J connectivity index is 1.64. The van der Waals surface area contributed by atoms with Crippen LogP contribution in [0.25, 0.3) is 11.0 Å². The van der Waals surface area contributed by atoms with Crippen molar-refractivity contribution in [2.45, 2.75) is 12.6 Å². The first kappa shape index (κ1) is 16.5. The van der Waals surface area contributed by atoms with Gasteiger partial charge in [0.25, 0.3) is 5.91 Å². The Morgan fingerprint density at radius 3 is 2.71 bits per heavy atom. The number of aromatic nitrogens is 2. The lowest BCUT2D eigenvalue weighted by Crippen LogP contribution is -2.34. The zero-order chi connectivity index (χ0) is 17.1. The van der Waals surface area contributed by atoms with E-state index in [0.717, 1.165) is 11.0 Å². The highest BCUT2D eigenvalue weighted by Gasteiger charge is 2.21. The van der Waals surface area contributed by atoms with Crippen molar-refractivity contribution in [3.05, 3.63) is 65.4 Å². The van der Waals surface area contributed by atoms with Crippen LogP contribution in [0, 0.1) is 0 Å². The van der Waals surface area contributed by atoms with E-state index in [1.54, 1.807) is 37.6 Å². The highest BCUT2D eigenvalue weighted by molar-refractivity contribution is 6.30. The molecule has 124 valence electrons. The summed E-state index contributed by atoms with van der Waals surface area (Å²) in [6.07, 6.45) is 0.574. The third kappa shape index (κ3) is 3.42. The van der Waals surface area contributed by atoms with Crippen molar-refractivity contribution in [2.24, 2.45) is 0 Å². The predicted octanol–water partition coefficient (Wildman–Crippen LogP) is 2.88. The minimum atomic E-state index is -1.19. The first-order chi connectivity index (χ1) is 11.6. The number of para-hydroxylation sites is 2. The molecule has 0 aliphatic rings. The number of benzene rings is 2. The van der Waals surface area contributed by atoms with Crippen LogP contribution in [0.5, 0.6) is 0 Å². The number of hydrogen-bond donors (Lipinski definition) is 1. The maximum atomic E-state index is 12.4. The van der Waals surface area contributed by atoms with Crippen LogP contribution in [-0.2, 0) is 11.3 Å². The van der Waals surface area contributed by atoms with Gasteiger partial charge in [-0.05, 0) is 29.8 Å². The fraction of sp³-hybridized carbons (Fsp3) is 0.222. The molecule has 0 bridgehead atoms. The summed E-state index contributed by atoms with van der Waals surface area (Å²) in [6.45, 7) is 1.08. The van der Waals surface area contributed by atoms with E-state index in [0.29, 0.717) is 23.7 Å². The molecule has 1 unspecified atom stereocenters. The number of aliphatic hydroxyl groups is 1. The molecule has 1 amide bonds.